The Morgan fingerprint density at radius 2 is 1.92 bits per heavy atom. The maximum atomic E-state index is 10.8. The molecule has 2 atom stereocenters. The van der Waals surface area contributed by atoms with Crippen LogP contribution in [0, 0.1) is 16.7 Å². The quantitative estimate of drug-likeness (QED) is 0.549. The van der Waals surface area contributed by atoms with Gasteiger partial charge in [0.1, 0.15) is 5.41 Å². The van der Waals surface area contributed by atoms with Crippen molar-refractivity contribution >= 4 is 5.97 Å². The van der Waals surface area contributed by atoms with E-state index in [1.807, 2.05) is 0 Å². The summed E-state index contributed by atoms with van der Waals surface area (Å²) in [6.45, 7) is 2.91. The van der Waals surface area contributed by atoms with Gasteiger partial charge in [0.25, 0.3) is 0 Å². The Labute approximate surface area is 70.8 Å². The zero-order valence-electron chi connectivity index (χ0n) is 7.24. The van der Waals surface area contributed by atoms with Crippen molar-refractivity contribution in [1.29, 1.82) is 0 Å². The van der Waals surface area contributed by atoms with Crippen LogP contribution in [0.15, 0.2) is 0 Å². The first kappa shape index (κ1) is 9.48. The Balaban J connectivity index is 2.93. The Hall–Kier alpha value is -0.610. The fraction of sp³-hybridized carbons (Fsp3) is 0.875. The first-order valence-electron chi connectivity index (χ1n) is 3.90. The van der Waals surface area contributed by atoms with Gasteiger partial charge in [0.2, 0.25) is 0 Å². The highest BCUT2D eigenvalue weighted by Crippen LogP contribution is 2.68. The topological polar surface area (TPSA) is 77.8 Å². The van der Waals surface area contributed by atoms with Crippen molar-refractivity contribution < 1.29 is 20.1 Å². The van der Waals surface area contributed by atoms with Gasteiger partial charge in [-0.3, -0.25) is 4.79 Å². The van der Waals surface area contributed by atoms with Crippen molar-refractivity contribution in [3.05, 3.63) is 0 Å². The normalized spacial score (nSPS) is 37.8. The number of aliphatic carboxylic acids is 1. The average Bonchev–Trinajstić information content (AvgIpc) is 2.47. The summed E-state index contributed by atoms with van der Waals surface area (Å²) in [6, 6.07) is 0. The van der Waals surface area contributed by atoms with E-state index in [2.05, 4.69) is 0 Å². The summed E-state index contributed by atoms with van der Waals surface area (Å²) in [5.74, 6) is -1.35. The fourth-order valence-electron chi connectivity index (χ4n) is 2.16. The molecule has 1 aliphatic rings. The lowest BCUT2D eigenvalue weighted by molar-refractivity contribution is -0.147. The first-order chi connectivity index (χ1) is 5.45. The van der Waals surface area contributed by atoms with Crippen LogP contribution < -0.4 is 0 Å². The number of aliphatic hydroxyl groups is 2. The number of carboxylic acid groups (broad SMARTS) is 1. The van der Waals surface area contributed by atoms with Gasteiger partial charge in [0, 0.05) is 12.5 Å². The molecule has 0 spiro atoms. The zero-order valence-corrected chi connectivity index (χ0v) is 7.24. The molecule has 3 N–H and O–H groups in total. The van der Waals surface area contributed by atoms with Gasteiger partial charge >= 0.3 is 5.97 Å². The van der Waals surface area contributed by atoms with E-state index in [0.717, 1.165) is 0 Å². The van der Waals surface area contributed by atoms with Gasteiger partial charge in [-0.25, -0.2) is 0 Å². The van der Waals surface area contributed by atoms with Gasteiger partial charge in [-0.2, -0.15) is 0 Å². The molecule has 0 aromatic carbocycles. The molecule has 0 saturated heterocycles. The minimum atomic E-state index is -1.12. The highest BCUT2D eigenvalue weighted by Gasteiger charge is 2.75. The van der Waals surface area contributed by atoms with Crippen LogP contribution >= 0.6 is 0 Å². The third-order valence-corrected chi connectivity index (χ3v) is 3.35. The lowest BCUT2D eigenvalue weighted by Gasteiger charge is -2.10. The molecule has 12 heavy (non-hydrogen) atoms. The molecule has 0 unspecified atom stereocenters. The summed E-state index contributed by atoms with van der Waals surface area (Å²) in [7, 11) is 0. The average molecular weight is 174 g/mol. The van der Waals surface area contributed by atoms with Crippen LogP contribution in [-0.2, 0) is 4.79 Å². The number of carbonyl (C=O) groups is 1. The standard InChI is InChI=1S/C8H14O4/c1-7(2)5(3-9)8(7,4-10)6(11)12/h5,9-10H,3-4H2,1-2H3,(H,11,12)/t5-,8+/m1/s1. The number of hydrogen-bond acceptors (Lipinski definition) is 3. The predicted octanol–water partition coefficient (Wildman–Crippen LogP) is -0.302. The molecule has 0 aromatic heterocycles. The third-order valence-electron chi connectivity index (χ3n) is 3.35. The van der Waals surface area contributed by atoms with Crippen molar-refractivity contribution in [2.45, 2.75) is 13.8 Å². The Bertz CT molecular complexity index is 211. The lowest BCUT2D eigenvalue weighted by atomic mass is 9.97. The van der Waals surface area contributed by atoms with Crippen molar-refractivity contribution in [3.63, 3.8) is 0 Å². The molecule has 70 valence electrons. The Kier molecular flexibility index (Phi) is 1.92. The molecule has 1 aliphatic carbocycles. The van der Waals surface area contributed by atoms with E-state index in [-0.39, 0.29) is 12.5 Å². The lowest BCUT2D eigenvalue weighted by Crippen LogP contribution is -2.26. The van der Waals surface area contributed by atoms with Crippen LogP contribution in [0.2, 0.25) is 0 Å². The molecule has 0 amide bonds. The largest absolute Gasteiger partial charge is 0.481 e. The molecule has 4 heteroatoms. The van der Waals surface area contributed by atoms with Crippen LogP contribution in [0.25, 0.3) is 0 Å². The van der Waals surface area contributed by atoms with E-state index in [9.17, 15) is 4.79 Å². The van der Waals surface area contributed by atoms with Crippen molar-refractivity contribution in [1.82, 2.24) is 0 Å². The minimum absolute atomic E-state index is 0.181. The Morgan fingerprint density at radius 1 is 1.42 bits per heavy atom. The van der Waals surface area contributed by atoms with E-state index in [1.54, 1.807) is 13.8 Å². The molecule has 1 saturated carbocycles. The second-order valence-electron chi connectivity index (χ2n) is 3.89. The molecule has 0 radical (unpaired) electrons. The molecule has 0 heterocycles. The van der Waals surface area contributed by atoms with Crippen molar-refractivity contribution in [3.8, 4) is 0 Å². The number of carboxylic acids is 1. The maximum Gasteiger partial charge on any atom is 0.312 e. The van der Waals surface area contributed by atoms with Gasteiger partial charge in [0.15, 0.2) is 0 Å². The van der Waals surface area contributed by atoms with Crippen LogP contribution in [0.3, 0.4) is 0 Å². The van der Waals surface area contributed by atoms with Crippen molar-refractivity contribution in [2.24, 2.45) is 16.7 Å². The van der Waals surface area contributed by atoms with Crippen LogP contribution in [-0.4, -0.2) is 34.5 Å². The van der Waals surface area contributed by atoms with Gasteiger partial charge in [-0.15, -0.1) is 0 Å². The van der Waals surface area contributed by atoms with E-state index >= 15 is 0 Å². The second kappa shape index (κ2) is 2.44. The number of rotatable bonds is 3. The van der Waals surface area contributed by atoms with Gasteiger partial charge in [0.05, 0.1) is 6.61 Å². The number of hydrogen-bond donors (Lipinski definition) is 3. The molecule has 0 aliphatic heterocycles. The molecule has 1 rings (SSSR count). The summed E-state index contributed by atoms with van der Waals surface area (Å²) in [5, 5.41) is 26.7. The fourth-order valence-corrected chi connectivity index (χ4v) is 2.16. The summed E-state index contributed by atoms with van der Waals surface area (Å²) < 4.78 is 0. The highest BCUT2D eigenvalue weighted by atomic mass is 16.4. The van der Waals surface area contributed by atoms with E-state index in [4.69, 9.17) is 15.3 Å². The summed E-state index contributed by atoms with van der Waals surface area (Å²) >= 11 is 0. The van der Waals surface area contributed by atoms with Crippen LogP contribution in [0.1, 0.15) is 13.8 Å². The van der Waals surface area contributed by atoms with Crippen LogP contribution in [0.4, 0.5) is 0 Å². The minimum Gasteiger partial charge on any atom is -0.481 e. The summed E-state index contributed by atoms with van der Waals surface area (Å²) in [5.41, 5.74) is -1.62. The van der Waals surface area contributed by atoms with Crippen molar-refractivity contribution in [2.75, 3.05) is 13.2 Å². The Morgan fingerprint density at radius 3 is 2.00 bits per heavy atom. The second-order valence-corrected chi connectivity index (χ2v) is 3.89. The maximum absolute atomic E-state index is 10.8. The summed E-state index contributed by atoms with van der Waals surface area (Å²) in [6.07, 6.45) is 0. The smallest absolute Gasteiger partial charge is 0.312 e. The first-order valence-corrected chi connectivity index (χ1v) is 3.90. The molecule has 0 bridgehead atoms. The molecule has 0 aromatic rings. The molecular weight excluding hydrogens is 160 g/mol. The monoisotopic (exact) mass is 174 g/mol. The molecular formula is C8H14O4. The van der Waals surface area contributed by atoms with E-state index < -0.39 is 23.4 Å². The van der Waals surface area contributed by atoms with Gasteiger partial charge in [-0.1, -0.05) is 13.8 Å². The van der Waals surface area contributed by atoms with E-state index in [0.29, 0.717) is 0 Å². The summed E-state index contributed by atoms with van der Waals surface area (Å²) in [4.78, 5) is 10.8. The van der Waals surface area contributed by atoms with Gasteiger partial charge < -0.3 is 15.3 Å². The highest BCUT2D eigenvalue weighted by molar-refractivity contribution is 5.81. The third kappa shape index (κ3) is 0.765. The number of aliphatic hydroxyl groups excluding tert-OH is 2. The molecule has 1 fully saturated rings. The van der Waals surface area contributed by atoms with Gasteiger partial charge in [-0.05, 0) is 5.41 Å². The zero-order chi connectivity index (χ0) is 9.57. The van der Waals surface area contributed by atoms with E-state index in [1.165, 1.54) is 0 Å². The van der Waals surface area contributed by atoms with Crippen LogP contribution in [0.5, 0.6) is 0 Å². The SMILES string of the molecule is CC1(C)[C@@H](CO)[C@@]1(CO)C(=O)O. The predicted molar refractivity (Wildman–Crippen MR) is 41.5 cm³/mol. The molecule has 4 nitrogen and oxygen atoms in total.